The van der Waals surface area contributed by atoms with Gasteiger partial charge in [0, 0.05) is 38.7 Å². The van der Waals surface area contributed by atoms with Crippen LogP contribution in [0.4, 0.5) is 11.6 Å². The fourth-order valence-corrected chi connectivity index (χ4v) is 3.62. The average molecular weight is 415 g/mol. The van der Waals surface area contributed by atoms with Crippen LogP contribution in [0.3, 0.4) is 0 Å². The lowest BCUT2D eigenvalue weighted by molar-refractivity contribution is 0.307. The number of hydrogen-bond acceptors (Lipinski definition) is 7. The first-order chi connectivity index (χ1) is 15.0. The van der Waals surface area contributed by atoms with E-state index in [0.717, 1.165) is 57.9 Å². The molecule has 0 radical (unpaired) electrons. The molecule has 0 unspecified atom stereocenters. The quantitative estimate of drug-likeness (QED) is 0.471. The van der Waals surface area contributed by atoms with Gasteiger partial charge in [0.2, 0.25) is 0 Å². The van der Waals surface area contributed by atoms with E-state index in [9.17, 15) is 0 Å². The third kappa shape index (κ3) is 3.07. The fourth-order valence-electron chi connectivity index (χ4n) is 3.62. The van der Waals surface area contributed by atoms with E-state index in [4.69, 9.17) is 14.7 Å². The molecule has 6 rings (SSSR count). The molecule has 0 atom stereocenters. The highest BCUT2D eigenvalue weighted by molar-refractivity contribution is 5.85. The summed E-state index contributed by atoms with van der Waals surface area (Å²) in [7, 11) is 5.65. The SMILES string of the molecule is Cn1nc(-c2ccc3cnn(C)c3n2)cc1Nc1cc(OC2CC2)c2cnn(C)c2n1. The summed E-state index contributed by atoms with van der Waals surface area (Å²) >= 11 is 0. The maximum Gasteiger partial charge on any atom is 0.163 e. The van der Waals surface area contributed by atoms with Gasteiger partial charge >= 0.3 is 0 Å². The number of nitrogens with zero attached hydrogens (tertiary/aromatic N) is 8. The van der Waals surface area contributed by atoms with Gasteiger partial charge in [0.15, 0.2) is 11.3 Å². The van der Waals surface area contributed by atoms with E-state index >= 15 is 0 Å². The van der Waals surface area contributed by atoms with Gasteiger partial charge in [-0.05, 0) is 25.0 Å². The predicted octanol–water partition coefficient (Wildman–Crippen LogP) is 2.94. The summed E-state index contributed by atoms with van der Waals surface area (Å²) in [6, 6.07) is 7.85. The first kappa shape index (κ1) is 17.9. The van der Waals surface area contributed by atoms with Gasteiger partial charge in [0.05, 0.1) is 29.6 Å². The molecule has 10 heteroatoms. The van der Waals surface area contributed by atoms with Gasteiger partial charge in [0.1, 0.15) is 23.1 Å². The smallest absolute Gasteiger partial charge is 0.163 e. The van der Waals surface area contributed by atoms with Crippen LogP contribution in [-0.2, 0) is 21.1 Å². The Morgan fingerprint density at radius 3 is 2.55 bits per heavy atom. The Balaban J connectivity index is 1.36. The molecule has 0 aromatic carbocycles. The van der Waals surface area contributed by atoms with Crippen LogP contribution in [-0.4, -0.2) is 45.4 Å². The third-order valence-electron chi connectivity index (χ3n) is 5.47. The highest BCUT2D eigenvalue weighted by Gasteiger charge is 2.25. The summed E-state index contributed by atoms with van der Waals surface area (Å²) < 4.78 is 11.4. The minimum absolute atomic E-state index is 0.287. The van der Waals surface area contributed by atoms with E-state index in [1.54, 1.807) is 26.4 Å². The maximum absolute atomic E-state index is 6.11. The van der Waals surface area contributed by atoms with E-state index in [0.29, 0.717) is 5.82 Å². The number of ether oxygens (including phenoxy) is 1. The summed E-state index contributed by atoms with van der Waals surface area (Å²) in [5, 5.41) is 18.5. The first-order valence-corrected chi connectivity index (χ1v) is 10.1. The highest BCUT2D eigenvalue weighted by atomic mass is 16.5. The van der Waals surface area contributed by atoms with Gasteiger partial charge < -0.3 is 10.1 Å². The van der Waals surface area contributed by atoms with Gasteiger partial charge in [-0.15, -0.1) is 0 Å². The lowest BCUT2D eigenvalue weighted by Gasteiger charge is -2.10. The number of anilines is 2. The van der Waals surface area contributed by atoms with Crippen LogP contribution in [0.1, 0.15) is 12.8 Å². The molecule has 0 spiro atoms. The highest BCUT2D eigenvalue weighted by Crippen LogP contribution is 2.34. The minimum atomic E-state index is 0.287. The summed E-state index contributed by atoms with van der Waals surface area (Å²) in [6.45, 7) is 0. The second kappa shape index (κ2) is 6.53. The lowest BCUT2D eigenvalue weighted by Crippen LogP contribution is -2.04. The maximum atomic E-state index is 6.11. The molecule has 1 aliphatic rings. The Kier molecular flexibility index (Phi) is 3.76. The van der Waals surface area contributed by atoms with Crippen LogP contribution in [0.2, 0.25) is 0 Å². The van der Waals surface area contributed by atoms with Crippen LogP contribution in [0.5, 0.6) is 5.75 Å². The van der Waals surface area contributed by atoms with Crippen molar-refractivity contribution in [2.45, 2.75) is 18.9 Å². The molecule has 10 nitrogen and oxygen atoms in total. The van der Waals surface area contributed by atoms with Crippen molar-refractivity contribution in [3.05, 3.63) is 36.7 Å². The average Bonchev–Trinajstić information content (AvgIpc) is 3.23. The zero-order valence-corrected chi connectivity index (χ0v) is 17.4. The molecule has 0 amide bonds. The van der Waals surface area contributed by atoms with E-state index in [1.807, 2.05) is 45.4 Å². The number of hydrogen-bond donors (Lipinski definition) is 1. The lowest BCUT2D eigenvalue weighted by atomic mass is 10.2. The molecule has 0 bridgehead atoms. The minimum Gasteiger partial charge on any atom is -0.489 e. The molecule has 1 fully saturated rings. The van der Waals surface area contributed by atoms with E-state index < -0.39 is 0 Å². The Bertz CT molecular complexity index is 1440. The molecular formula is C21H21N9O. The van der Waals surface area contributed by atoms with Gasteiger partial charge in [-0.3, -0.25) is 14.0 Å². The van der Waals surface area contributed by atoms with Crippen molar-refractivity contribution in [1.82, 2.24) is 39.3 Å². The van der Waals surface area contributed by atoms with Crippen molar-refractivity contribution in [1.29, 1.82) is 0 Å². The van der Waals surface area contributed by atoms with Crippen molar-refractivity contribution in [2.24, 2.45) is 21.1 Å². The number of aryl methyl sites for hydroxylation is 3. The molecule has 1 aliphatic carbocycles. The summed E-state index contributed by atoms with van der Waals surface area (Å²) in [5.74, 6) is 2.28. The normalized spacial score (nSPS) is 13.9. The van der Waals surface area contributed by atoms with Gasteiger partial charge in [0.25, 0.3) is 0 Å². The first-order valence-electron chi connectivity index (χ1n) is 10.1. The molecule has 0 saturated heterocycles. The standard InChI is InChI=1S/C21H21N9O/c1-28-19(8-16(27-28)15-7-4-12-10-22-29(2)20(12)24-15)25-18-9-17(31-13-5-6-13)14-11-23-30(3)21(14)26-18/h4,7-11,13H,5-6H2,1-3H3,(H,25,26). The Hall–Kier alpha value is -3.95. The molecule has 5 aromatic rings. The topological polar surface area (TPSA) is 101 Å². The largest absolute Gasteiger partial charge is 0.489 e. The second-order valence-corrected chi connectivity index (χ2v) is 7.87. The molecule has 1 N–H and O–H groups in total. The number of rotatable bonds is 5. The fraction of sp³-hybridized carbons (Fsp3) is 0.286. The Morgan fingerprint density at radius 2 is 1.71 bits per heavy atom. The van der Waals surface area contributed by atoms with Crippen LogP contribution in [0, 0.1) is 0 Å². The molecule has 31 heavy (non-hydrogen) atoms. The van der Waals surface area contributed by atoms with E-state index in [-0.39, 0.29) is 6.10 Å². The summed E-state index contributed by atoms with van der Waals surface area (Å²) in [4.78, 5) is 9.44. The zero-order chi connectivity index (χ0) is 21.1. The van der Waals surface area contributed by atoms with Gasteiger partial charge in [-0.2, -0.15) is 15.3 Å². The monoisotopic (exact) mass is 415 g/mol. The van der Waals surface area contributed by atoms with Crippen LogP contribution in [0.15, 0.2) is 36.7 Å². The van der Waals surface area contributed by atoms with Gasteiger partial charge in [-0.25, -0.2) is 9.97 Å². The molecule has 5 heterocycles. The van der Waals surface area contributed by atoms with E-state index in [2.05, 4.69) is 20.6 Å². The molecule has 156 valence electrons. The third-order valence-corrected chi connectivity index (χ3v) is 5.47. The van der Waals surface area contributed by atoms with Crippen molar-refractivity contribution in [3.8, 4) is 17.1 Å². The zero-order valence-electron chi connectivity index (χ0n) is 17.4. The summed E-state index contributed by atoms with van der Waals surface area (Å²) in [6.07, 6.45) is 6.07. The molecule has 5 aromatic heterocycles. The van der Waals surface area contributed by atoms with Crippen LogP contribution in [0.25, 0.3) is 33.5 Å². The number of nitrogens with one attached hydrogen (secondary N) is 1. The van der Waals surface area contributed by atoms with Crippen molar-refractivity contribution < 1.29 is 4.74 Å². The van der Waals surface area contributed by atoms with Crippen LogP contribution < -0.4 is 10.1 Å². The molecule has 1 saturated carbocycles. The number of aromatic nitrogens is 8. The predicted molar refractivity (Wildman–Crippen MR) is 116 cm³/mol. The van der Waals surface area contributed by atoms with Crippen molar-refractivity contribution in [3.63, 3.8) is 0 Å². The number of pyridine rings is 2. The molecule has 0 aliphatic heterocycles. The van der Waals surface area contributed by atoms with Gasteiger partial charge in [-0.1, -0.05) is 0 Å². The Labute approximate surface area is 177 Å². The van der Waals surface area contributed by atoms with Crippen LogP contribution >= 0.6 is 0 Å². The molecular weight excluding hydrogens is 394 g/mol. The summed E-state index contributed by atoms with van der Waals surface area (Å²) in [5.41, 5.74) is 3.14. The van der Waals surface area contributed by atoms with Crippen molar-refractivity contribution >= 4 is 33.7 Å². The Morgan fingerprint density at radius 1 is 0.903 bits per heavy atom. The second-order valence-electron chi connectivity index (χ2n) is 7.87. The van der Waals surface area contributed by atoms with Crippen molar-refractivity contribution in [2.75, 3.05) is 5.32 Å². The number of fused-ring (bicyclic) bond motifs is 2. The van der Waals surface area contributed by atoms with E-state index in [1.165, 1.54) is 0 Å².